The van der Waals surface area contributed by atoms with Crippen molar-refractivity contribution in [2.24, 2.45) is 5.73 Å². The standard InChI is InChI=1S/C15H21N3O2/c1-17(2)7-8-18-10-11(9-13(16)15(19)20)12-5-3-4-6-14(12)18/h3-6,10,13H,7-9,16H2,1-2H3,(H,19,20). The highest BCUT2D eigenvalue weighted by molar-refractivity contribution is 5.85. The number of carboxylic acid groups (broad SMARTS) is 1. The summed E-state index contributed by atoms with van der Waals surface area (Å²) in [6.07, 6.45) is 2.38. The van der Waals surface area contributed by atoms with Crippen LogP contribution in [0.1, 0.15) is 5.56 Å². The molecule has 0 aliphatic rings. The van der Waals surface area contributed by atoms with Gasteiger partial charge >= 0.3 is 5.97 Å². The van der Waals surface area contributed by atoms with E-state index in [0.29, 0.717) is 6.42 Å². The Balaban J connectivity index is 2.32. The first-order valence-electron chi connectivity index (χ1n) is 6.69. The Kier molecular flexibility index (Phi) is 4.42. The molecule has 0 aliphatic heterocycles. The van der Waals surface area contributed by atoms with E-state index in [1.165, 1.54) is 0 Å². The van der Waals surface area contributed by atoms with Gasteiger partial charge in [-0.05, 0) is 25.7 Å². The molecule has 2 rings (SSSR count). The molecule has 1 aromatic heterocycles. The number of nitrogens with zero attached hydrogens (tertiary/aromatic N) is 2. The van der Waals surface area contributed by atoms with Gasteiger partial charge in [0.05, 0.1) is 0 Å². The van der Waals surface area contributed by atoms with Crippen LogP contribution in [0.15, 0.2) is 30.5 Å². The Hall–Kier alpha value is -1.85. The number of hydrogen-bond donors (Lipinski definition) is 2. The molecule has 0 aliphatic carbocycles. The number of fused-ring (bicyclic) bond motifs is 1. The highest BCUT2D eigenvalue weighted by Crippen LogP contribution is 2.22. The maximum absolute atomic E-state index is 10.9. The number of likely N-dealkylation sites (N-methyl/N-ethyl adjacent to an activating group) is 1. The molecule has 20 heavy (non-hydrogen) atoms. The largest absolute Gasteiger partial charge is 0.480 e. The zero-order valence-electron chi connectivity index (χ0n) is 11.9. The summed E-state index contributed by atoms with van der Waals surface area (Å²) < 4.78 is 2.17. The van der Waals surface area contributed by atoms with E-state index >= 15 is 0 Å². The van der Waals surface area contributed by atoms with E-state index in [0.717, 1.165) is 29.6 Å². The molecule has 1 atom stereocenters. The first kappa shape index (κ1) is 14.6. The molecule has 0 radical (unpaired) electrons. The normalized spacial score (nSPS) is 13.0. The summed E-state index contributed by atoms with van der Waals surface area (Å²) in [5.41, 5.74) is 7.78. The number of aliphatic carboxylic acids is 1. The van der Waals surface area contributed by atoms with Crippen LogP contribution in [-0.2, 0) is 17.8 Å². The third-order valence-electron chi connectivity index (χ3n) is 3.42. The Morgan fingerprint density at radius 2 is 2.10 bits per heavy atom. The number of benzene rings is 1. The van der Waals surface area contributed by atoms with Crippen LogP contribution in [0.25, 0.3) is 10.9 Å². The molecule has 1 heterocycles. The van der Waals surface area contributed by atoms with Crippen molar-refractivity contribution in [2.75, 3.05) is 20.6 Å². The quantitative estimate of drug-likeness (QED) is 0.830. The molecule has 5 heteroatoms. The Bertz CT molecular complexity index is 604. The Labute approximate surface area is 118 Å². The van der Waals surface area contributed by atoms with E-state index in [9.17, 15) is 4.79 Å². The van der Waals surface area contributed by atoms with Crippen LogP contribution >= 0.6 is 0 Å². The Morgan fingerprint density at radius 3 is 2.75 bits per heavy atom. The number of rotatable bonds is 6. The van der Waals surface area contributed by atoms with E-state index in [1.807, 2.05) is 38.5 Å². The molecule has 0 bridgehead atoms. The maximum atomic E-state index is 10.9. The zero-order chi connectivity index (χ0) is 14.7. The van der Waals surface area contributed by atoms with Gasteiger partial charge in [-0.3, -0.25) is 4.79 Å². The highest BCUT2D eigenvalue weighted by atomic mass is 16.4. The molecule has 0 saturated carbocycles. The maximum Gasteiger partial charge on any atom is 0.320 e. The molecule has 0 fully saturated rings. The SMILES string of the molecule is CN(C)CCn1cc(CC(N)C(=O)O)c2ccccc21. The predicted octanol–water partition coefficient (Wildman–Crippen LogP) is 1.16. The van der Waals surface area contributed by atoms with Crippen molar-refractivity contribution in [1.82, 2.24) is 9.47 Å². The topological polar surface area (TPSA) is 71.5 Å². The van der Waals surface area contributed by atoms with E-state index < -0.39 is 12.0 Å². The smallest absolute Gasteiger partial charge is 0.320 e. The number of hydrogen-bond acceptors (Lipinski definition) is 3. The van der Waals surface area contributed by atoms with Crippen LogP contribution in [0.3, 0.4) is 0 Å². The molecular weight excluding hydrogens is 254 g/mol. The lowest BCUT2D eigenvalue weighted by atomic mass is 10.1. The molecule has 0 amide bonds. The summed E-state index contributed by atoms with van der Waals surface area (Å²) in [6.45, 7) is 1.80. The number of carbonyl (C=O) groups is 1. The number of nitrogens with two attached hydrogens (primary N) is 1. The average molecular weight is 275 g/mol. The summed E-state index contributed by atoms with van der Waals surface area (Å²) in [4.78, 5) is 13.0. The summed E-state index contributed by atoms with van der Waals surface area (Å²) >= 11 is 0. The van der Waals surface area contributed by atoms with Crippen LogP contribution in [0, 0.1) is 0 Å². The van der Waals surface area contributed by atoms with E-state index in [4.69, 9.17) is 10.8 Å². The van der Waals surface area contributed by atoms with Crippen LogP contribution < -0.4 is 5.73 Å². The van der Waals surface area contributed by atoms with E-state index in [-0.39, 0.29) is 0 Å². The number of carboxylic acids is 1. The average Bonchev–Trinajstić information content (AvgIpc) is 2.75. The number of para-hydroxylation sites is 1. The zero-order valence-corrected chi connectivity index (χ0v) is 11.9. The molecule has 0 saturated heterocycles. The molecule has 1 unspecified atom stereocenters. The van der Waals surface area contributed by atoms with Gasteiger partial charge in [0.2, 0.25) is 0 Å². The van der Waals surface area contributed by atoms with Crippen molar-refractivity contribution in [3.8, 4) is 0 Å². The van der Waals surface area contributed by atoms with Crippen LogP contribution in [0.5, 0.6) is 0 Å². The van der Waals surface area contributed by atoms with Crippen molar-refractivity contribution < 1.29 is 9.90 Å². The lowest BCUT2D eigenvalue weighted by molar-refractivity contribution is -0.138. The van der Waals surface area contributed by atoms with Gasteiger partial charge in [0.1, 0.15) is 6.04 Å². The molecule has 3 N–H and O–H groups in total. The van der Waals surface area contributed by atoms with Crippen molar-refractivity contribution in [3.05, 3.63) is 36.0 Å². The minimum absolute atomic E-state index is 0.352. The lowest BCUT2D eigenvalue weighted by Gasteiger charge is -2.11. The fourth-order valence-electron chi connectivity index (χ4n) is 2.30. The minimum Gasteiger partial charge on any atom is -0.480 e. The monoisotopic (exact) mass is 275 g/mol. The minimum atomic E-state index is -0.963. The molecule has 1 aromatic carbocycles. The van der Waals surface area contributed by atoms with Crippen molar-refractivity contribution >= 4 is 16.9 Å². The van der Waals surface area contributed by atoms with Gasteiger partial charge < -0.3 is 20.3 Å². The second-order valence-corrected chi connectivity index (χ2v) is 5.32. The molecule has 108 valence electrons. The van der Waals surface area contributed by atoms with Crippen LogP contribution in [-0.4, -0.2) is 47.2 Å². The van der Waals surface area contributed by atoms with Gasteiger partial charge in [-0.25, -0.2) is 0 Å². The van der Waals surface area contributed by atoms with Crippen molar-refractivity contribution in [1.29, 1.82) is 0 Å². The van der Waals surface area contributed by atoms with Crippen molar-refractivity contribution in [2.45, 2.75) is 19.0 Å². The summed E-state index contributed by atoms with van der Waals surface area (Å²) in [6, 6.07) is 7.18. The van der Waals surface area contributed by atoms with Gasteiger partial charge in [-0.1, -0.05) is 18.2 Å². The molecular formula is C15H21N3O2. The molecule has 5 nitrogen and oxygen atoms in total. The fraction of sp³-hybridized carbons (Fsp3) is 0.400. The summed E-state index contributed by atoms with van der Waals surface area (Å²) in [5, 5.41) is 10.0. The third kappa shape index (κ3) is 3.18. The Morgan fingerprint density at radius 1 is 1.40 bits per heavy atom. The van der Waals surface area contributed by atoms with Crippen LogP contribution in [0.4, 0.5) is 0 Å². The van der Waals surface area contributed by atoms with E-state index in [1.54, 1.807) is 0 Å². The lowest BCUT2D eigenvalue weighted by Crippen LogP contribution is -2.32. The van der Waals surface area contributed by atoms with Gasteiger partial charge in [-0.2, -0.15) is 0 Å². The predicted molar refractivity (Wildman–Crippen MR) is 79.8 cm³/mol. The van der Waals surface area contributed by atoms with Gasteiger partial charge in [-0.15, -0.1) is 0 Å². The van der Waals surface area contributed by atoms with Gasteiger partial charge in [0.15, 0.2) is 0 Å². The van der Waals surface area contributed by atoms with Crippen LogP contribution in [0.2, 0.25) is 0 Å². The van der Waals surface area contributed by atoms with Crippen molar-refractivity contribution in [3.63, 3.8) is 0 Å². The summed E-state index contributed by atoms with van der Waals surface area (Å²) in [5.74, 6) is -0.963. The van der Waals surface area contributed by atoms with Gasteiger partial charge in [0, 0.05) is 36.6 Å². The van der Waals surface area contributed by atoms with E-state index in [2.05, 4.69) is 15.5 Å². The first-order chi connectivity index (χ1) is 9.49. The fourth-order valence-corrected chi connectivity index (χ4v) is 2.30. The second-order valence-electron chi connectivity index (χ2n) is 5.32. The molecule has 2 aromatic rings. The number of aromatic nitrogens is 1. The van der Waals surface area contributed by atoms with Gasteiger partial charge in [0.25, 0.3) is 0 Å². The summed E-state index contributed by atoms with van der Waals surface area (Å²) in [7, 11) is 4.07. The highest BCUT2D eigenvalue weighted by Gasteiger charge is 2.16. The molecule has 0 spiro atoms. The first-order valence-corrected chi connectivity index (χ1v) is 6.69. The third-order valence-corrected chi connectivity index (χ3v) is 3.42. The second kappa shape index (κ2) is 6.07.